The largest absolute Gasteiger partial charge is 0.507 e. The van der Waals surface area contributed by atoms with E-state index in [1.807, 2.05) is 115 Å². The van der Waals surface area contributed by atoms with Crippen molar-refractivity contribution < 1.29 is 19.7 Å². The third-order valence-electron chi connectivity index (χ3n) is 10.6. The molecule has 0 aliphatic heterocycles. The SMILES string of the molecule is Bc1ccc(COc2ccccc2-c2cccc(CNC3CCCC[C@@H]3NCc3cccc(-c4ccccc4OCc4ccc(C=C)cc4)c3O)c2O)cc1. The van der Waals surface area contributed by atoms with Crippen molar-refractivity contribution in [3.05, 3.63) is 168 Å². The Labute approximate surface area is 325 Å². The summed E-state index contributed by atoms with van der Waals surface area (Å²) in [6.45, 7) is 5.77. The number of phenols is 2. The molecule has 1 aliphatic carbocycles. The normalized spacial score (nSPS) is 15.3. The van der Waals surface area contributed by atoms with E-state index in [-0.39, 0.29) is 23.6 Å². The van der Waals surface area contributed by atoms with Crippen LogP contribution in [-0.2, 0) is 26.3 Å². The zero-order valence-corrected chi connectivity index (χ0v) is 31.5. The van der Waals surface area contributed by atoms with Crippen molar-refractivity contribution in [2.45, 2.75) is 64.1 Å². The van der Waals surface area contributed by atoms with Crippen molar-refractivity contribution >= 4 is 19.4 Å². The van der Waals surface area contributed by atoms with Gasteiger partial charge in [-0.3, -0.25) is 0 Å². The van der Waals surface area contributed by atoms with E-state index in [0.717, 1.165) is 87.3 Å². The molecule has 7 heteroatoms. The summed E-state index contributed by atoms with van der Waals surface area (Å²) < 4.78 is 12.5. The molecule has 0 amide bonds. The van der Waals surface area contributed by atoms with Crippen LogP contribution < -0.4 is 25.6 Å². The number of hydrogen-bond acceptors (Lipinski definition) is 6. The second-order valence-electron chi connectivity index (χ2n) is 14.4. The summed E-state index contributed by atoms with van der Waals surface area (Å²) in [5.74, 6) is 1.97. The predicted molar refractivity (Wildman–Crippen MR) is 227 cm³/mol. The molecule has 1 saturated carbocycles. The first-order valence-corrected chi connectivity index (χ1v) is 19.3. The highest BCUT2D eigenvalue weighted by molar-refractivity contribution is 6.32. The summed E-state index contributed by atoms with van der Waals surface area (Å²) in [6.07, 6.45) is 6.17. The lowest BCUT2D eigenvalue weighted by Crippen LogP contribution is -2.49. The number of para-hydroxylation sites is 4. The Hall–Kier alpha value is -5.76. The molecule has 278 valence electrons. The van der Waals surface area contributed by atoms with E-state index < -0.39 is 0 Å². The van der Waals surface area contributed by atoms with Crippen molar-refractivity contribution in [3.8, 4) is 45.3 Å². The van der Waals surface area contributed by atoms with Crippen LogP contribution in [0.2, 0.25) is 0 Å². The van der Waals surface area contributed by atoms with E-state index in [0.29, 0.717) is 26.3 Å². The molecule has 0 radical (unpaired) electrons. The molecule has 0 aromatic heterocycles. The van der Waals surface area contributed by atoms with Gasteiger partial charge in [-0.25, -0.2) is 0 Å². The number of rotatable bonds is 15. The van der Waals surface area contributed by atoms with Crippen LogP contribution in [0.1, 0.15) is 53.5 Å². The molecule has 0 spiro atoms. The summed E-state index contributed by atoms with van der Waals surface area (Å²) in [4.78, 5) is 0. The molecule has 0 bridgehead atoms. The van der Waals surface area contributed by atoms with Gasteiger partial charge >= 0.3 is 0 Å². The van der Waals surface area contributed by atoms with Crippen molar-refractivity contribution in [2.75, 3.05) is 0 Å². The smallest absolute Gasteiger partial charge is 0.139 e. The van der Waals surface area contributed by atoms with E-state index in [4.69, 9.17) is 9.47 Å². The number of nitrogens with one attached hydrogen (secondary N) is 2. The number of benzene rings is 6. The molecule has 0 heterocycles. The van der Waals surface area contributed by atoms with E-state index in [9.17, 15) is 10.2 Å². The predicted octanol–water partition coefficient (Wildman–Crippen LogP) is 8.68. The van der Waals surface area contributed by atoms with Crippen molar-refractivity contribution in [1.82, 2.24) is 10.6 Å². The monoisotopic (exact) mass is 728 g/mol. The van der Waals surface area contributed by atoms with Crippen LogP contribution in [0.4, 0.5) is 0 Å². The molecule has 4 N–H and O–H groups in total. The van der Waals surface area contributed by atoms with Gasteiger partial charge in [0.15, 0.2) is 0 Å². The first-order valence-electron chi connectivity index (χ1n) is 19.3. The quantitative estimate of drug-likeness (QED) is 0.0793. The maximum atomic E-state index is 11.6. The topological polar surface area (TPSA) is 83.0 Å². The minimum atomic E-state index is 0.209. The van der Waals surface area contributed by atoms with Crippen molar-refractivity contribution in [1.29, 1.82) is 0 Å². The Balaban J connectivity index is 1.00. The molecule has 1 unspecified atom stereocenters. The molecule has 6 nitrogen and oxygen atoms in total. The van der Waals surface area contributed by atoms with Crippen LogP contribution in [0.15, 0.2) is 140 Å². The van der Waals surface area contributed by atoms with Crippen LogP contribution in [0.5, 0.6) is 23.0 Å². The van der Waals surface area contributed by atoms with Gasteiger partial charge in [0.25, 0.3) is 0 Å². The summed E-state index contributed by atoms with van der Waals surface area (Å²) in [5.41, 5.74) is 9.33. The van der Waals surface area contributed by atoms with Crippen LogP contribution in [0, 0.1) is 0 Å². The third-order valence-corrected chi connectivity index (χ3v) is 10.6. The fourth-order valence-electron chi connectivity index (χ4n) is 7.39. The van der Waals surface area contributed by atoms with Crippen molar-refractivity contribution in [3.63, 3.8) is 0 Å². The number of hydrogen-bond donors (Lipinski definition) is 4. The number of aromatic hydroxyl groups is 2. The van der Waals surface area contributed by atoms with E-state index in [1.165, 1.54) is 5.46 Å². The average Bonchev–Trinajstić information content (AvgIpc) is 3.23. The Kier molecular flexibility index (Phi) is 12.3. The summed E-state index contributed by atoms with van der Waals surface area (Å²) >= 11 is 0. The number of phenolic OH excluding ortho intramolecular Hbond substituents is 2. The molecule has 6 aromatic carbocycles. The Morgan fingerprint density at radius 1 is 0.564 bits per heavy atom. The highest BCUT2D eigenvalue weighted by atomic mass is 16.5. The van der Waals surface area contributed by atoms with E-state index in [2.05, 4.69) is 49.3 Å². The Morgan fingerprint density at radius 3 is 1.47 bits per heavy atom. The zero-order chi connectivity index (χ0) is 38.0. The molecule has 6 aromatic rings. The molecule has 1 aliphatic rings. The first-order chi connectivity index (χ1) is 27.0. The summed E-state index contributed by atoms with van der Waals surface area (Å²) in [5, 5.41) is 30.7. The van der Waals surface area contributed by atoms with Gasteiger partial charge < -0.3 is 30.3 Å². The molecular formula is C48H49BN2O4. The maximum Gasteiger partial charge on any atom is 0.139 e. The molecule has 55 heavy (non-hydrogen) atoms. The zero-order valence-electron chi connectivity index (χ0n) is 31.5. The Bertz CT molecular complexity index is 2200. The van der Waals surface area contributed by atoms with Gasteiger partial charge in [0.05, 0.1) is 0 Å². The van der Waals surface area contributed by atoms with E-state index >= 15 is 0 Å². The first kappa shape index (κ1) is 37.6. The lowest BCUT2D eigenvalue weighted by Gasteiger charge is -2.33. The highest BCUT2D eigenvalue weighted by Gasteiger charge is 2.25. The van der Waals surface area contributed by atoms with Gasteiger partial charge in [-0.2, -0.15) is 0 Å². The van der Waals surface area contributed by atoms with Gasteiger partial charge in [0.2, 0.25) is 0 Å². The fourth-order valence-corrected chi connectivity index (χ4v) is 7.39. The summed E-state index contributed by atoms with van der Waals surface area (Å²) in [7, 11) is 2.08. The van der Waals surface area contributed by atoms with Crippen LogP contribution in [-0.4, -0.2) is 30.1 Å². The lowest BCUT2D eigenvalue weighted by molar-refractivity contribution is 0.279. The highest BCUT2D eigenvalue weighted by Crippen LogP contribution is 2.39. The van der Waals surface area contributed by atoms with Crippen LogP contribution >= 0.6 is 0 Å². The molecule has 1 fully saturated rings. The fraction of sp³-hybridized carbons (Fsp3) is 0.208. The lowest BCUT2D eigenvalue weighted by atomic mass is 9.89. The second-order valence-corrected chi connectivity index (χ2v) is 14.4. The minimum Gasteiger partial charge on any atom is -0.507 e. The second kappa shape index (κ2) is 18.0. The van der Waals surface area contributed by atoms with Crippen molar-refractivity contribution in [2.24, 2.45) is 0 Å². The maximum absolute atomic E-state index is 11.6. The number of ether oxygens (including phenoxy) is 2. The van der Waals surface area contributed by atoms with Crippen LogP contribution in [0.25, 0.3) is 28.3 Å². The van der Waals surface area contributed by atoms with Gasteiger partial charge in [-0.1, -0.05) is 152 Å². The third kappa shape index (κ3) is 9.31. The Morgan fingerprint density at radius 2 is 1.00 bits per heavy atom. The van der Waals surface area contributed by atoms with Gasteiger partial charge in [-0.05, 0) is 41.7 Å². The van der Waals surface area contributed by atoms with Gasteiger partial charge in [0.1, 0.15) is 44.1 Å². The minimum absolute atomic E-state index is 0.209. The average molecular weight is 729 g/mol. The summed E-state index contributed by atoms with van der Waals surface area (Å²) in [6, 6.07) is 44.5. The van der Waals surface area contributed by atoms with Gasteiger partial charge in [-0.15, -0.1) is 0 Å². The molecular weight excluding hydrogens is 679 g/mol. The molecule has 7 rings (SSSR count). The molecule has 2 atom stereocenters. The standard InChI is InChI=1S/C48H49BN2O4/c1-2-33-21-23-34(24-22-33)31-54-45-19-7-3-13-39(45)41-15-9-11-36(47(41)52)29-50-43-17-5-6-18-44(43)51-30-37-12-10-16-42(48(37)53)40-14-4-8-20-46(40)55-32-35-25-27-38(49)28-26-35/h2-4,7-16,19-28,43-44,50-53H,1,5-6,17-18,29-32,49H2/t43-,44?/m0/s1. The molecule has 0 saturated heterocycles. The van der Waals surface area contributed by atoms with Crippen LogP contribution in [0.3, 0.4) is 0 Å². The van der Waals surface area contributed by atoms with Gasteiger partial charge in [0, 0.05) is 58.6 Å². The van der Waals surface area contributed by atoms with E-state index in [1.54, 1.807) is 0 Å².